The molecule has 0 radical (unpaired) electrons. The van der Waals surface area contributed by atoms with E-state index in [9.17, 15) is 9.59 Å². The monoisotopic (exact) mass is 364 g/mol. The molecule has 1 aliphatic rings. The molecule has 1 heterocycles. The molecule has 3 rings (SSSR count). The third-order valence-electron chi connectivity index (χ3n) is 4.94. The fourth-order valence-corrected chi connectivity index (χ4v) is 3.58. The van der Waals surface area contributed by atoms with Crippen molar-refractivity contribution < 1.29 is 9.59 Å². The highest BCUT2D eigenvalue weighted by molar-refractivity contribution is 6.03. The summed E-state index contributed by atoms with van der Waals surface area (Å²) < 4.78 is 0. The Morgan fingerprint density at radius 3 is 2.30 bits per heavy atom. The molecule has 0 aromatic heterocycles. The number of benzene rings is 2. The van der Waals surface area contributed by atoms with Crippen LogP contribution in [0.3, 0.4) is 0 Å². The molecule has 0 spiro atoms. The van der Waals surface area contributed by atoms with Crippen LogP contribution in [0.15, 0.2) is 54.6 Å². The molecule has 0 aliphatic carbocycles. The number of hydrogen-bond acceptors (Lipinski definition) is 2. The SMILES string of the molecule is C[C@H]1C(=O)N(c2ccccc2-c2ccccc2)CCN1C(=O)CC(C)(C)C. The van der Waals surface area contributed by atoms with Crippen molar-refractivity contribution in [1.29, 1.82) is 0 Å². The van der Waals surface area contributed by atoms with Crippen LogP contribution in [0.2, 0.25) is 0 Å². The van der Waals surface area contributed by atoms with Gasteiger partial charge in [0.25, 0.3) is 0 Å². The second-order valence-electron chi connectivity index (χ2n) is 8.37. The number of nitrogens with zero attached hydrogens (tertiary/aromatic N) is 2. The van der Waals surface area contributed by atoms with E-state index in [0.29, 0.717) is 19.5 Å². The molecular formula is C23H28N2O2. The van der Waals surface area contributed by atoms with Crippen LogP contribution in [0.1, 0.15) is 34.1 Å². The van der Waals surface area contributed by atoms with Crippen LogP contribution in [-0.2, 0) is 9.59 Å². The van der Waals surface area contributed by atoms with E-state index in [1.807, 2.05) is 75.1 Å². The second-order valence-corrected chi connectivity index (χ2v) is 8.37. The largest absolute Gasteiger partial charge is 0.329 e. The van der Waals surface area contributed by atoms with E-state index in [2.05, 4.69) is 12.1 Å². The molecule has 27 heavy (non-hydrogen) atoms. The Hall–Kier alpha value is -2.62. The highest BCUT2D eigenvalue weighted by atomic mass is 16.2. The predicted octanol–water partition coefficient (Wildman–Crippen LogP) is 4.35. The van der Waals surface area contributed by atoms with Crippen molar-refractivity contribution in [3.8, 4) is 11.1 Å². The zero-order valence-corrected chi connectivity index (χ0v) is 16.6. The summed E-state index contributed by atoms with van der Waals surface area (Å²) in [5, 5.41) is 0. The zero-order valence-electron chi connectivity index (χ0n) is 16.6. The first-order valence-corrected chi connectivity index (χ1v) is 9.53. The number of para-hydroxylation sites is 1. The van der Waals surface area contributed by atoms with E-state index in [0.717, 1.165) is 16.8 Å². The Kier molecular flexibility index (Phi) is 5.36. The van der Waals surface area contributed by atoms with Gasteiger partial charge in [0.15, 0.2) is 0 Å². The van der Waals surface area contributed by atoms with E-state index >= 15 is 0 Å². The molecule has 0 unspecified atom stereocenters. The van der Waals surface area contributed by atoms with Gasteiger partial charge in [-0.15, -0.1) is 0 Å². The van der Waals surface area contributed by atoms with E-state index < -0.39 is 6.04 Å². The van der Waals surface area contributed by atoms with E-state index in [1.165, 1.54) is 0 Å². The maximum atomic E-state index is 13.1. The van der Waals surface area contributed by atoms with Gasteiger partial charge in [-0.1, -0.05) is 69.3 Å². The molecule has 1 atom stereocenters. The Morgan fingerprint density at radius 2 is 1.63 bits per heavy atom. The average molecular weight is 364 g/mol. The van der Waals surface area contributed by atoms with Crippen LogP contribution in [0.5, 0.6) is 0 Å². The molecule has 142 valence electrons. The molecule has 1 aliphatic heterocycles. The summed E-state index contributed by atoms with van der Waals surface area (Å²) >= 11 is 0. The molecule has 2 aromatic rings. The highest BCUT2D eigenvalue weighted by Crippen LogP contribution is 2.33. The number of carbonyl (C=O) groups is 2. The first-order valence-electron chi connectivity index (χ1n) is 9.53. The van der Waals surface area contributed by atoms with Gasteiger partial charge in [0.2, 0.25) is 11.8 Å². The van der Waals surface area contributed by atoms with E-state index in [-0.39, 0.29) is 17.2 Å². The maximum absolute atomic E-state index is 13.1. The predicted molar refractivity (Wildman–Crippen MR) is 109 cm³/mol. The number of rotatable bonds is 3. The van der Waals surface area contributed by atoms with Crippen LogP contribution in [0, 0.1) is 5.41 Å². The van der Waals surface area contributed by atoms with Crippen LogP contribution in [0.25, 0.3) is 11.1 Å². The molecule has 1 fully saturated rings. The molecule has 4 heteroatoms. The molecule has 2 amide bonds. The van der Waals surface area contributed by atoms with Gasteiger partial charge in [-0.05, 0) is 24.0 Å². The van der Waals surface area contributed by atoms with Crippen molar-refractivity contribution in [2.45, 2.75) is 40.2 Å². The molecule has 0 bridgehead atoms. The summed E-state index contributed by atoms with van der Waals surface area (Å²) in [7, 11) is 0. The lowest BCUT2D eigenvalue weighted by Crippen LogP contribution is -2.58. The van der Waals surface area contributed by atoms with Crippen molar-refractivity contribution in [2.75, 3.05) is 18.0 Å². The highest BCUT2D eigenvalue weighted by Gasteiger charge is 2.36. The van der Waals surface area contributed by atoms with Gasteiger partial charge in [-0.2, -0.15) is 0 Å². The summed E-state index contributed by atoms with van der Waals surface area (Å²) in [5.74, 6) is 0.0336. The van der Waals surface area contributed by atoms with Gasteiger partial charge in [0.1, 0.15) is 6.04 Å². The maximum Gasteiger partial charge on any atom is 0.249 e. The quantitative estimate of drug-likeness (QED) is 0.812. The van der Waals surface area contributed by atoms with Gasteiger partial charge in [0.05, 0.1) is 5.69 Å². The van der Waals surface area contributed by atoms with Crippen molar-refractivity contribution in [3.05, 3.63) is 54.6 Å². The van der Waals surface area contributed by atoms with Gasteiger partial charge in [0, 0.05) is 25.1 Å². The fraction of sp³-hybridized carbons (Fsp3) is 0.391. The van der Waals surface area contributed by atoms with Crippen LogP contribution in [-0.4, -0.2) is 35.8 Å². The number of anilines is 1. The van der Waals surface area contributed by atoms with Crippen molar-refractivity contribution >= 4 is 17.5 Å². The first kappa shape index (κ1) is 19.2. The normalized spacial score (nSPS) is 17.9. The summed E-state index contributed by atoms with van der Waals surface area (Å²) in [6, 6.07) is 17.6. The average Bonchev–Trinajstić information content (AvgIpc) is 2.63. The molecule has 0 N–H and O–H groups in total. The van der Waals surface area contributed by atoms with Crippen molar-refractivity contribution in [2.24, 2.45) is 5.41 Å². The third kappa shape index (κ3) is 4.21. The molecular weight excluding hydrogens is 336 g/mol. The molecule has 2 aromatic carbocycles. The Morgan fingerprint density at radius 1 is 1.00 bits per heavy atom. The topological polar surface area (TPSA) is 40.6 Å². The number of piperazine rings is 1. The van der Waals surface area contributed by atoms with E-state index in [1.54, 1.807) is 4.90 Å². The fourth-order valence-electron chi connectivity index (χ4n) is 3.58. The lowest BCUT2D eigenvalue weighted by molar-refractivity contribution is -0.142. The van der Waals surface area contributed by atoms with Crippen molar-refractivity contribution in [3.63, 3.8) is 0 Å². The van der Waals surface area contributed by atoms with Crippen molar-refractivity contribution in [1.82, 2.24) is 4.90 Å². The smallest absolute Gasteiger partial charge is 0.249 e. The zero-order chi connectivity index (χ0) is 19.6. The lowest BCUT2D eigenvalue weighted by Gasteiger charge is -2.40. The van der Waals surface area contributed by atoms with Gasteiger partial charge in [-0.3, -0.25) is 9.59 Å². The summed E-state index contributed by atoms with van der Waals surface area (Å²) in [5.41, 5.74) is 2.94. The molecule has 1 saturated heterocycles. The Balaban J connectivity index is 1.85. The van der Waals surface area contributed by atoms with Crippen LogP contribution in [0.4, 0.5) is 5.69 Å². The summed E-state index contributed by atoms with van der Waals surface area (Å²) in [6.07, 6.45) is 0.450. The number of carbonyl (C=O) groups excluding carboxylic acids is 2. The minimum absolute atomic E-state index is 0.0214. The standard InChI is InChI=1S/C23H28N2O2/c1-17-22(27)25(15-14-24(17)21(26)16-23(2,3)4)20-13-9-8-12-19(20)18-10-6-5-7-11-18/h5-13,17H,14-16H2,1-4H3/t17-/m0/s1. The summed E-state index contributed by atoms with van der Waals surface area (Å²) in [4.78, 5) is 29.3. The second kappa shape index (κ2) is 7.55. The lowest BCUT2D eigenvalue weighted by atomic mass is 9.91. The third-order valence-corrected chi connectivity index (χ3v) is 4.94. The summed E-state index contributed by atoms with van der Waals surface area (Å²) in [6.45, 7) is 9.05. The van der Waals surface area contributed by atoms with Gasteiger partial charge >= 0.3 is 0 Å². The number of amides is 2. The molecule has 0 saturated carbocycles. The molecule has 4 nitrogen and oxygen atoms in total. The van der Waals surface area contributed by atoms with Crippen LogP contribution >= 0.6 is 0 Å². The minimum Gasteiger partial charge on any atom is -0.329 e. The first-order chi connectivity index (χ1) is 12.8. The Bertz CT molecular complexity index is 824. The number of hydrogen-bond donors (Lipinski definition) is 0. The van der Waals surface area contributed by atoms with Gasteiger partial charge < -0.3 is 9.80 Å². The van der Waals surface area contributed by atoms with Gasteiger partial charge in [-0.25, -0.2) is 0 Å². The Labute approximate surface area is 161 Å². The minimum atomic E-state index is -0.447. The van der Waals surface area contributed by atoms with Crippen LogP contribution < -0.4 is 4.90 Å². The van der Waals surface area contributed by atoms with E-state index in [4.69, 9.17) is 0 Å².